The zero-order valence-corrected chi connectivity index (χ0v) is 19.2. The van der Waals surface area contributed by atoms with E-state index in [0.29, 0.717) is 39.6 Å². The molecule has 0 bridgehead atoms. The van der Waals surface area contributed by atoms with Crippen LogP contribution >= 0.6 is 0 Å². The summed E-state index contributed by atoms with van der Waals surface area (Å²) in [7, 11) is 11.6. The molecule has 7 nitrogen and oxygen atoms in total. The normalized spacial score (nSPS) is 8.32. The Morgan fingerprint density at radius 1 is 0.405 bits per heavy atom. The lowest BCUT2D eigenvalue weighted by molar-refractivity contribution is 0.000174. The van der Waals surface area contributed by atoms with Gasteiger partial charge < -0.3 is 32.6 Å². The molecule has 14 heteroatoms. The zero-order chi connectivity index (χ0) is 22.2. The largest absolute Gasteiger partial charge is 0.440 e. The fraction of sp³-hybridized carbons (Fsp3) is 1.00. The van der Waals surface area contributed by atoms with Gasteiger partial charge in [-0.1, -0.05) is 107 Å². The van der Waals surface area contributed by atoms with Gasteiger partial charge in [-0.25, -0.2) is 0 Å². The molecule has 0 aliphatic heterocycles. The lowest BCUT2D eigenvalue weighted by atomic mass is 9.88. The molecule has 0 aromatic carbocycles. The van der Waals surface area contributed by atoms with Crippen LogP contribution in [0.15, 0.2) is 0 Å². The topological polar surface area (TPSA) is 64.6 Å². The molecule has 0 aromatic rings. The van der Waals surface area contributed by atoms with Crippen molar-refractivity contribution in [1.29, 1.82) is 0 Å². The molecule has 0 saturated heterocycles. The Hall–Kier alpha value is 0.175. The maximum atomic E-state index is 5.38. The molecule has 7 radical (unpaired) electrons. The molecular weight excluding hydrogens is 464 g/mol. The van der Waals surface area contributed by atoms with E-state index in [0.717, 1.165) is 0 Å². The van der Waals surface area contributed by atoms with Crippen molar-refractivity contribution in [2.45, 2.75) is 113 Å². The first-order valence-corrected chi connectivity index (χ1v) is 9.89. The third-order valence-electron chi connectivity index (χ3n) is 3.45. The van der Waals surface area contributed by atoms with Gasteiger partial charge in [0.25, 0.3) is 52.4 Å². The fourth-order valence-electron chi connectivity index (χ4n) is 2.02. The Morgan fingerprint density at radius 3 is 0.838 bits per heavy atom. The molecule has 0 heterocycles. The minimum atomic E-state index is -0.308. The van der Waals surface area contributed by atoms with Gasteiger partial charge in [-0.05, 0) is 0 Å². The Kier molecular flexibility index (Phi) is 93.6. The van der Waals surface area contributed by atoms with E-state index < -0.39 is 0 Å². The fourth-order valence-corrected chi connectivity index (χ4v) is 2.02. The van der Waals surface area contributed by atoms with Crippen molar-refractivity contribution in [3.63, 3.8) is 0 Å². The first kappa shape index (κ1) is 65.9. The summed E-state index contributed by atoms with van der Waals surface area (Å²) in [5.41, 5.74) is -0.308. The molecule has 0 amide bonds. The van der Waals surface area contributed by atoms with Crippen molar-refractivity contribution in [3.8, 4) is 0 Å². The first-order chi connectivity index (χ1) is 14.1. The molecule has 0 aromatic heterocycles. The van der Waals surface area contributed by atoms with E-state index in [2.05, 4.69) is 0 Å². The van der Waals surface area contributed by atoms with Crippen LogP contribution in [-0.4, -0.2) is 98.1 Å². The van der Waals surface area contributed by atoms with Crippen molar-refractivity contribution in [2.24, 2.45) is 5.41 Å². The Balaban J connectivity index is -0.0000000418. The van der Waals surface area contributed by atoms with Gasteiger partial charge in [0.15, 0.2) is 0 Å². The summed E-state index contributed by atoms with van der Waals surface area (Å²) < 4.78 is 36.9. The first-order valence-electron chi connectivity index (χ1n) is 9.89. The smallest absolute Gasteiger partial charge is 0.289 e. The standard InChI is InChI=1S/C9H20B4O4.C6H14B3O3.8CH4/c1-10-14-5-9(6-15-11-2,7-16-12-3)8-17-13-4;1-7-10-4-6(12-9-3)5-11-8-2;;;;;;;;/h5-8H2,1-4H3;6H,4-5H2,1-3H3;8*1H4. The summed E-state index contributed by atoms with van der Waals surface area (Å²) in [6.45, 7) is 15.9. The number of hydrogen-bond donors (Lipinski definition) is 0. The average molecular weight is 530 g/mol. The summed E-state index contributed by atoms with van der Waals surface area (Å²) >= 11 is 0. The van der Waals surface area contributed by atoms with Crippen molar-refractivity contribution in [3.05, 3.63) is 0 Å². The van der Waals surface area contributed by atoms with Gasteiger partial charge in [0, 0.05) is 26.4 Å². The van der Waals surface area contributed by atoms with E-state index in [9.17, 15) is 0 Å². The lowest BCUT2D eigenvalue weighted by Crippen LogP contribution is -2.42. The van der Waals surface area contributed by atoms with E-state index in [1.807, 2.05) is 47.8 Å². The second kappa shape index (κ2) is 52.6. The zero-order valence-electron chi connectivity index (χ0n) is 19.2. The molecule has 37 heavy (non-hydrogen) atoms. The van der Waals surface area contributed by atoms with E-state index in [-0.39, 0.29) is 70.9 Å². The molecule has 221 valence electrons. The average Bonchev–Trinajstić information content (AvgIpc) is 2.75. The molecule has 0 N–H and O–H groups in total. The van der Waals surface area contributed by atoms with Crippen LogP contribution in [0.4, 0.5) is 0 Å². The molecule has 0 spiro atoms. The van der Waals surface area contributed by atoms with Gasteiger partial charge in [0.1, 0.15) is 0 Å². The number of hydrogen-bond acceptors (Lipinski definition) is 7. The van der Waals surface area contributed by atoms with Crippen molar-refractivity contribution < 1.29 is 32.6 Å². The monoisotopic (exact) mass is 532 g/mol. The van der Waals surface area contributed by atoms with Gasteiger partial charge in [-0.15, -0.1) is 0 Å². The highest BCUT2D eigenvalue weighted by molar-refractivity contribution is 6.26. The highest BCUT2D eigenvalue weighted by Gasteiger charge is 2.31. The second-order valence-corrected chi connectivity index (χ2v) is 5.82. The van der Waals surface area contributed by atoms with Gasteiger partial charge in [-0.3, -0.25) is 0 Å². The summed E-state index contributed by atoms with van der Waals surface area (Å²) in [6, 6.07) is 0. The minimum Gasteiger partial charge on any atom is -0.440 e. The minimum absolute atomic E-state index is 0. The van der Waals surface area contributed by atoms with Crippen LogP contribution in [0.25, 0.3) is 0 Å². The summed E-state index contributed by atoms with van der Waals surface area (Å²) in [5.74, 6) is 0. The molecule has 0 aliphatic carbocycles. The molecule has 0 saturated carbocycles. The lowest BCUT2D eigenvalue weighted by Gasteiger charge is -2.33. The molecule has 0 rings (SSSR count). The second-order valence-electron chi connectivity index (χ2n) is 5.82. The quantitative estimate of drug-likeness (QED) is 0.174. The number of rotatable bonds is 20. The predicted molar refractivity (Wildman–Crippen MR) is 178 cm³/mol. The maximum absolute atomic E-state index is 5.38. The maximum Gasteiger partial charge on any atom is 0.289 e. The Bertz CT molecular complexity index is 284. The van der Waals surface area contributed by atoms with Gasteiger partial charge in [0.2, 0.25) is 0 Å². The van der Waals surface area contributed by atoms with Crippen LogP contribution < -0.4 is 0 Å². The SMILES string of the molecule is C.C.C.C.C.C.C.C.C[B]OCC(CO[B]C)(CO[B]C)CO[B]C.C[B]OCC(CO[B]C)O[B]C. The molecule has 0 unspecified atom stereocenters. The molecule has 0 aliphatic rings. The molecule has 0 atom stereocenters. The van der Waals surface area contributed by atoms with Gasteiger partial charge >= 0.3 is 0 Å². The Morgan fingerprint density at radius 2 is 0.649 bits per heavy atom. The van der Waals surface area contributed by atoms with Crippen LogP contribution in [-0.2, 0) is 32.6 Å². The summed E-state index contributed by atoms with van der Waals surface area (Å²) in [4.78, 5) is 0. The van der Waals surface area contributed by atoms with Crippen LogP contribution in [0, 0.1) is 5.41 Å². The summed E-state index contributed by atoms with van der Waals surface area (Å²) in [6.07, 6.45) is -0.0256. The van der Waals surface area contributed by atoms with Gasteiger partial charge in [-0.2, -0.15) is 0 Å². The van der Waals surface area contributed by atoms with Crippen LogP contribution in [0.5, 0.6) is 0 Å². The van der Waals surface area contributed by atoms with Gasteiger partial charge in [0.05, 0.1) is 24.7 Å². The van der Waals surface area contributed by atoms with Crippen LogP contribution in [0.2, 0.25) is 47.8 Å². The van der Waals surface area contributed by atoms with Crippen LogP contribution in [0.1, 0.15) is 59.4 Å². The van der Waals surface area contributed by atoms with E-state index in [4.69, 9.17) is 32.6 Å². The van der Waals surface area contributed by atoms with Crippen LogP contribution in [0.3, 0.4) is 0 Å². The van der Waals surface area contributed by atoms with Crippen molar-refractivity contribution >= 4 is 52.4 Å². The highest BCUT2D eigenvalue weighted by Crippen LogP contribution is 2.20. The molecular formula is C23H66B7O7. The molecule has 0 fully saturated rings. The van der Waals surface area contributed by atoms with Crippen molar-refractivity contribution in [1.82, 2.24) is 0 Å². The van der Waals surface area contributed by atoms with E-state index in [1.54, 1.807) is 52.4 Å². The van der Waals surface area contributed by atoms with E-state index >= 15 is 0 Å². The third-order valence-corrected chi connectivity index (χ3v) is 3.45. The highest BCUT2D eigenvalue weighted by atomic mass is 16.5. The summed E-state index contributed by atoms with van der Waals surface area (Å²) in [5, 5.41) is 0. The predicted octanol–water partition coefficient (Wildman–Crippen LogP) is 6.20. The third kappa shape index (κ3) is 43.5. The Labute approximate surface area is 243 Å². The van der Waals surface area contributed by atoms with Crippen molar-refractivity contribution in [2.75, 3.05) is 39.6 Å². The van der Waals surface area contributed by atoms with E-state index in [1.165, 1.54) is 0 Å².